The zero-order chi connectivity index (χ0) is 20.7. The molecule has 2 N–H and O–H groups in total. The van der Waals surface area contributed by atoms with Crippen LogP contribution >= 0.6 is 11.3 Å². The Balaban J connectivity index is 1.31. The lowest BCUT2D eigenvalue weighted by Gasteiger charge is -2.42. The number of rotatable bonds is 4. The summed E-state index contributed by atoms with van der Waals surface area (Å²) in [5.41, 5.74) is 2.02. The fourth-order valence-corrected chi connectivity index (χ4v) is 5.13. The highest BCUT2D eigenvalue weighted by atomic mass is 32.1. The van der Waals surface area contributed by atoms with E-state index < -0.39 is 12.3 Å². The molecule has 0 spiro atoms. The Labute approximate surface area is 178 Å². The number of alkyl halides is 1. The minimum Gasteiger partial charge on any atom is -0.507 e. The molecule has 0 amide bonds. The molecule has 0 aliphatic carbocycles. The zero-order valence-electron chi connectivity index (χ0n) is 16.6. The molecule has 2 aliphatic rings. The van der Waals surface area contributed by atoms with Gasteiger partial charge < -0.3 is 15.2 Å². The molecule has 156 valence electrons. The maximum absolute atomic E-state index is 14.7. The van der Waals surface area contributed by atoms with Gasteiger partial charge in [0.15, 0.2) is 6.17 Å². The minimum absolute atomic E-state index is 0.122. The number of aromatic nitrogens is 3. The van der Waals surface area contributed by atoms with Crippen molar-refractivity contribution in [3.05, 3.63) is 41.5 Å². The number of aryl methyl sites for hydroxylation is 1. The number of hydrogen-bond acceptors (Lipinski definition) is 7. The molecule has 0 radical (unpaired) electrons. The Bertz CT molecular complexity index is 1040. The number of piperidine rings is 2. The highest BCUT2D eigenvalue weighted by Crippen LogP contribution is 2.35. The molecular formula is C22H23FN4O2S. The van der Waals surface area contributed by atoms with Crippen LogP contribution in [0.1, 0.15) is 30.7 Å². The van der Waals surface area contributed by atoms with Crippen molar-refractivity contribution in [2.45, 2.75) is 57.0 Å². The highest BCUT2D eigenvalue weighted by molar-refractivity contribution is 7.15. The van der Waals surface area contributed by atoms with Gasteiger partial charge in [-0.3, -0.25) is 0 Å². The summed E-state index contributed by atoms with van der Waals surface area (Å²) < 4.78 is 20.6. The van der Waals surface area contributed by atoms with Crippen molar-refractivity contribution < 1.29 is 14.2 Å². The fourth-order valence-electron chi connectivity index (χ4n) is 4.35. The fraction of sp³-hybridized carbons (Fsp3) is 0.409. The summed E-state index contributed by atoms with van der Waals surface area (Å²) in [6.45, 7) is 1.95. The lowest BCUT2D eigenvalue weighted by Crippen LogP contribution is -2.59. The number of halogens is 1. The van der Waals surface area contributed by atoms with Gasteiger partial charge in [0.05, 0.1) is 15.6 Å². The molecule has 2 aliphatic heterocycles. The minimum atomic E-state index is -1.05. The molecule has 1 aromatic carbocycles. The maximum Gasteiger partial charge on any atom is 0.233 e. The number of fused-ring (bicyclic) bond motifs is 2. The molecule has 0 saturated carbocycles. The first-order chi connectivity index (χ1) is 14.6. The third-order valence-corrected chi connectivity index (χ3v) is 6.83. The van der Waals surface area contributed by atoms with Gasteiger partial charge in [0, 0.05) is 36.3 Å². The summed E-state index contributed by atoms with van der Waals surface area (Å²) in [6, 6.07) is 9.05. The van der Waals surface area contributed by atoms with Crippen LogP contribution in [-0.2, 0) is 0 Å². The first-order valence-corrected chi connectivity index (χ1v) is 11.0. The van der Waals surface area contributed by atoms with Crippen molar-refractivity contribution in [1.29, 1.82) is 0 Å². The number of ether oxygens (including phenoxy) is 1. The molecule has 3 aromatic rings. The van der Waals surface area contributed by atoms with Crippen LogP contribution in [0.3, 0.4) is 0 Å². The lowest BCUT2D eigenvalue weighted by atomic mass is 9.84. The third kappa shape index (κ3) is 3.77. The second-order valence-corrected chi connectivity index (χ2v) is 9.20. The average Bonchev–Trinajstić information content (AvgIpc) is 3.19. The van der Waals surface area contributed by atoms with E-state index in [2.05, 4.69) is 20.5 Å². The van der Waals surface area contributed by atoms with E-state index in [9.17, 15) is 9.50 Å². The SMILES string of the molecule is Cc1ncc(-c2ccc(-c3ccc(O[C@H]4C[C@@H]5CCC[C@@H](N5)[C@H]4F)nn3)c(O)c2)s1. The Morgan fingerprint density at radius 1 is 1.20 bits per heavy atom. The first kappa shape index (κ1) is 19.4. The van der Waals surface area contributed by atoms with Gasteiger partial charge in [0.1, 0.15) is 11.9 Å². The summed E-state index contributed by atoms with van der Waals surface area (Å²) in [7, 11) is 0. The molecule has 8 heteroatoms. The number of aromatic hydroxyl groups is 1. The van der Waals surface area contributed by atoms with E-state index in [1.807, 2.05) is 19.1 Å². The monoisotopic (exact) mass is 426 g/mol. The van der Waals surface area contributed by atoms with Gasteiger partial charge in [-0.25, -0.2) is 9.37 Å². The normalized spacial score (nSPS) is 25.8. The standard InChI is InChI=1S/C22H23FN4O2S/c1-12-24-11-20(30-12)13-5-6-15(18(28)9-13)16-7-8-21(27-26-16)29-19-10-14-3-2-4-17(25-14)22(19)23/h5-9,11,14,17,19,22,25,28H,2-4,10H2,1H3/t14-,17+,19-,22+/m0/s1. The quantitative estimate of drug-likeness (QED) is 0.648. The van der Waals surface area contributed by atoms with E-state index in [1.54, 1.807) is 35.7 Å². The first-order valence-electron chi connectivity index (χ1n) is 10.2. The Morgan fingerprint density at radius 3 is 2.83 bits per heavy atom. The summed E-state index contributed by atoms with van der Waals surface area (Å²) in [4.78, 5) is 5.25. The summed E-state index contributed by atoms with van der Waals surface area (Å²) in [5.74, 6) is 0.430. The van der Waals surface area contributed by atoms with E-state index >= 15 is 0 Å². The van der Waals surface area contributed by atoms with Crippen molar-refractivity contribution in [2.24, 2.45) is 0 Å². The molecule has 2 fully saturated rings. The molecule has 30 heavy (non-hydrogen) atoms. The summed E-state index contributed by atoms with van der Waals surface area (Å²) >= 11 is 1.57. The third-order valence-electron chi connectivity index (χ3n) is 5.87. The molecule has 2 bridgehead atoms. The van der Waals surface area contributed by atoms with Crippen LogP contribution < -0.4 is 10.1 Å². The van der Waals surface area contributed by atoms with Gasteiger partial charge in [-0.2, -0.15) is 0 Å². The van der Waals surface area contributed by atoms with E-state index in [0.717, 1.165) is 34.7 Å². The van der Waals surface area contributed by atoms with Gasteiger partial charge in [0.2, 0.25) is 5.88 Å². The van der Waals surface area contributed by atoms with E-state index in [0.29, 0.717) is 29.6 Å². The average molecular weight is 427 g/mol. The molecule has 4 heterocycles. The number of phenolic OH excluding ortho intramolecular Hbond substituents is 1. The molecule has 6 nitrogen and oxygen atoms in total. The number of benzene rings is 1. The Hall–Kier alpha value is -2.58. The Morgan fingerprint density at radius 2 is 2.10 bits per heavy atom. The molecule has 4 atom stereocenters. The summed E-state index contributed by atoms with van der Waals surface area (Å²) in [5, 5.41) is 23.1. The van der Waals surface area contributed by atoms with Crippen molar-refractivity contribution in [3.8, 4) is 33.3 Å². The predicted molar refractivity (Wildman–Crippen MR) is 113 cm³/mol. The van der Waals surface area contributed by atoms with Gasteiger partial charge in [-0.15, -0.1) is 21.5 Å². The maximum atomic E-state index is 14.7. The lowest BCUT2D eigenvalue weighted by molar-refractivity contribution is 0.00652. The number of nitrogens with zero attached hydrogens (tertiary/aromatic N) is 3. The largest absolute Gasteiger partial charge is 0.507 e. The van der Waals surface area contributed by atoms with Crippen molar-refractivity contribution in [1.82, 2.24) is 20.5 Å². The second-order valence-electron chi connectivity index (χ2n) is 7.97. The smallest absolute Gasteiger partial charge is 0.233 e. The van der Waals surface area contributed by atoms with Crippen molar-refractivity contribution >= 4 is 11.3 Å². The summed E-state index contributed by atoms with van der Waals surface area (Å²) in [6.07, 6.45) is 3.86. The Kier molecular flexibility index (Phi) is 5.12. The highest BCUT2D eigenvalue weighted by Gasteiger charge is 2.41. The van der Waals surface area contributed by atoms with Crippen LogP contribution in [0, 0.1) is 6.92 Å². The molecule has 2 aromatic heterocycles. The number of hydrogen-bond donors (Lipinski definition) is 2. The van der Waals surface area contributed by atoms with E-state index in [1.165, 1.54) is 0 Å². The van der Waals surface area contributed by atoms with Crippen LogP contribution in [0.4, 0.5) is 4.39 Å². The van der Waals surface area contributed by atoms with Crippen LogP contribution in [0.2, 0.25) is 0 Å². The predicted octanol–water partition coefficient (Wildman–Crippen LogP) is 4.28. The van der Waals surface area contributed by atoms with Gasteiger partial charge in [-0.1, -0.05) is 12.5 Å². The van der Waals surface area contributed by atoms with E-state index in [-0.39, 0.29) is 11.8 Å². The zero-order valence-corrected chi connectivity index (χ0v) is 17.4. The number of phenols is 1. The van der Waals surface area contributed by atoms with Crippen LogP contribution in [0.5, 0.6) is 11.6 Å². The van der Waals surface area contributed by atoms with Crippen LogP contribution in [-0.4, -0.2) is 44.6 Å². The van der Waals surface area contributed by atoms with Crippen molar-refractivity contribution in [2.75, 3.05) is 0 Å². The molecule has 5 rings (SSSR count). The van der Waals surface area contributed by atoms with Gasteiger partial charge in [-0.05, 0) is 43.5 Å². The number of thiazole rings is 1. The number of nitrogens with one attached hydrogen (secondary N) is 1. The second kappa shape index (κ2) is 7.92. The van der Waals surface area contributed by atoms with Crippen LogP contribution in [0.15, 0.2) is 36.5 Å². The molecular weight excluding hydrogens is 403 g/mol. The van der Waals surface area contributed by atoms with Gasteiger partial charge in [0.25, 0.3) is 0 Å². The van der Waals surface area contributed by atoms with E-state index in [4.69, 9.17) is 4.74 Å². The molecule has 2 saturated heterocycles. The van der Waals surface area contributed by atoms with Crippen molar-refractivity contribution in [3.63, 3.8) is 0 Å². The van der Waals surface area contributed by atoms with Gasteiger partial charge >= 0.3 is 0 Å². The van der Waals surface area contributed by atoms with Crippen LogP contribution in [0.25, 0.3) is 21.7 Å². The topological polar surface area (TPSA) is 80.2 Å². The molecule has 0 unspecified atom stereocenters.